The molecule has 3 aromatic rings. The maximum atomic E-state index is 14.9. The minimum Gasteiger partial charge on any atom is -0.493 e. The first kappa shape index (κ1) is 29.0. The molecule has 5 nitrogen and oxygen atoms in total. The van der Waals surface area contributed by atoms with E-state index < -0.39 is 64.5 Å². The van der Waals surface area contributed by atoms with Gasteiger partial charge >= 0.3 is 5.97 Å². The van der Waals surface area contributed by atoms with Gasteiger partial charge in [0.05, 0.1) is 18.4 Å². The minimum absolute atomic E-state index is 0.0304. The number of benzene rings is 3. The van der Waals surface area contributed by atoms with E-state index in [1.807, 2.05) is 32.0 Å². The van der Waals surface area contributed by atoms with Crippen LogP contribution in [0.3, 0.4) is 0 Å². The van der Waals surface area contributed by atoms with Crippen LogP contribution in [-0.2, 0) is 20.9 Å². The van der Waals surface area contributed by atoms with E-state index in [1.165, 1.54) is 6.92 Å². The van der Waals surface area contributed by atoms with Gasteiger partial charge in [-0.15, -0.1) is 0 Å². The summed E-state index contributed by atoms with van der Waals surface area (Å²) in [6, 6.07) is 13.1. The molecule has 1 amide bonds. The van der Waals surface area contributed by atoms with E-state index >= 15 is 0 Å². The predicted octanol–water partition coefficient (Wildman–Crippen LogP) is 6.71. The van der Waals surface area contributed by atoms with Crippen LogP contribution in [0.15, 0.2) is 48.5 Å². The SMILES string of the molecule is Cc1ccc(C)c(OCCC2(C)CC(CC(=O)OCc3ccccc3)N(c3c(F)c(F)c(F)c(F)c3F)C2=O)c1. The average Bonchev–Trinajstić information content (AvgIpc) is 3.17. The van der Waals surface area contributed by atoms with Gasteiger partial charge in [0.2, 0.25) is 11.7 Å². The summed E-state index contributed by atoms with van der Waals surface area (Å²) in [7, 11) is 0. The van der Waals surface area contributed by atoms with Gasteiger partial charge in [0, 0.05) is 6.04 Å². The number of rotatable bonds is 9. The van der Waals surface area contributed by atoms with Gasteiger partial charge < -0.3 is 14.4 Å². The number of aryl methyl sites for hydroxylation is 2. The zero-order valence-electron chi connectivity index (χ0n) is 22.2. The van der Waals surface area contributed by atoms with Gasteiger partial charge in [0.1, 0.15) is 18.0 Å². The van der Waals surface area contributed by atoms with Crippen molar-refractivity contribution in [3.8, 4) is 5.75 Å². The van der Waals surface area contributed by atoms with E-state index in [1.54, 1.807) is 30.3 Å². The average molecular weight is 562 g/mol. The Morgan fingerprint density at radius 2 is 1.57 bits per heavy atom. The number of amides is 1. The molecule has 0 N–H and O–H groups in total. The lowest BCUT2D eigenvalue weighted by atomic mass is 9.83. The molecule has 0 spiro atoms. The maximum Gasteiger partial charge on any atom is 0.308 e. The molecule has 1 aliphatic rings. The van der Waals surface area contributed by atoms with Crippen molar-refractivity contribution in [1.82, 2.24) is 0 Å². The van der Waals surface area contributed by atoms with Crippen LogP contribution in [-0.4, -0.2) is 24.5 Å². The van der Waals surface area contributed by atoms with E-state index in [0.29, 0.717) is 16.2 Å². The Hall–Kier alpha value is -3.95. The molecular formula is C30H28F5NO4. The summed E-state index contributed by atoms with van der Waals surface area (Å²) < 4.78 is 82.9. The second kappa shape index (κ2) is 11.7. The van der Waals surface area contributed by atoms with Gasteiger partial charge in [-0.25, -0.2) is 22.0 Å². The molecule has 0 bridgehead atoms. The third-order valence-electron chi connectivity index (χ3n) is 7.11. The van der Waals surface area contributed by atoms with Crippen LogP contribution >= 0.6 is 0 Å². The highest BCUT2D eigenvalue weighted by Crippen LogP contribution is 2.45. The van der Waals surface area contributed by atoms with Crippen LogP contribution in [0.2, 0.25) is 0 Å². The van der Waals surface area contributed by atoms with Crippen molar-refractivity contribution in [1.29, 1.82) is 0 Å². The fraction of sp³-hybridized carbons (Fsp3) is 0.333. The van der Waals surface area contributed by atoms with Crippen molar-refractivity contribution in [2.24, 2.45) is 5.41 Å². The molecule has 2 unspecified atom stereocenters. The highest BCUT2D eigenvalue weighted by Gasteiger charge is 2.51. The monoisotopic (exact) mass is 561 g/mol. The molecule has 2 atom stereocenters. The van der Waals surface area contributed by atoms with Crippen LogP contribution in [0.5, 0.6) is 5.75 Å². The van der Waals surface area contributed by atoms with Gasteiger partial charge in [-0.3, -0.25) is 9.59 Å². The van der Waals surface area contributed by atoms with Crippen LogP contribution in [0.1, 0.15) is 42.9 Å². The molecule has 4 rings (SSSR count). The number of anilines is 1. The quantitative estimate of drug-likeness (QED) is 0.126. The maximum absolute atomic E-state index is 14.9. The molecule has 1 aliphatic heterocycles. The van der Waals surface area contributed by atoms with Crippen molar-refractivity contribution in [2.45, 2.75) is 52.7 Å². The zero-order chi connectivity index (χ0) is 29.2. The summed E-state index contributed by atoms with van der Waals surface area (Å²) in [5.41, 5.74) is -0.224. The van der Waals surface area contributed by atoms with E-state index in [-0.39, 0.29) is 26.1 Å². The lowest BCUT2D eigenvalue weighted by molar-refractivity contribution is -0.145. The predicted molar refractivity (Wildman–Crippen MR) is 137 cm³/mol. The molecule has 10 heteroatoms. The van der Waals surface area contributed by atoms with Gasteiger partial charge in [-0.05, 0) is 49.4 Å². The van der Waals surface area contributed by atoms with Crippen LogP contribution in [0.4, 0.5) is 27.6 Å². The van der Waals surface area contributed by atoms with E-state index in [2.05, 4.69) is 0 Å². The van der Waals surface area contributed by atoms with Crippen molar-refractivity contribution in [2.75, 3.05) is 11.5 Å². The first-order chi connectivity index (χ1) is 18.9. The fourth-order valence-corrected chi connectivity index (χ4v) is 4.86. The van der Waals surface area contributed by atoms with Gasteiger partial charge in [0.25, 0.3) is 0 Å². The van der Waals surface area contributed by atoms with Gasteiger partial charge in [-0.1, -0.05) is 49.4 Å². The first-order valence-corrected chi connectivity index (χ1v) is 12.7. The minimum atomic E-state index is -2.34. The molecule has 0 radical (unpaired) electrons. The summed E-state index contributed by atoms with van der Waals surface area (Å²) in [5, 5.41) is 0. The Labute approximate surface area is 228 Å². The number of carbonyl (C=O) groups is 2. The van der Waals surface area contributed by atoms with Crippen molar-refractivity contribution >= 4 is 17.6 Å². The van der Waals surface area contributed by atoms with Gasteiger partial charge in [0.15, 0.2) is 23.3 Å². The number of hydrogen-bond donors (Lipinski definition) is 0. The Bertz CT molecular complexity index is 1400. The highest BCUT2D eigenvalue weighted by molar-refractivity contribution is 6.01. The number of halogens is 5. The summed E-state index contributed by atoms with van der Waals surface area (Å²) in [6.07, 6.45) is -0.575. The fourth-order valence-electron chi connectivity index (χ4n) is 4.86. The van der Waals surface area contributed by atoms with Crippen LogP contribution in [0, 0.1) is 48.3 Å². The number of hydrogen-bond acceptors (Lipinski definition) is 4. The molecule has 1 heterocycles. The van der Waals surface area contributed by atoms with E-state index in [0.717, 1.165) is 11.1 Å². The normalized spacial score (nSPS) is 18.8. The van der Waals surface area contributed by atoms with Crippen molar-refractivity contribution in [3.05, 3.63) is 94.3 Å². The molecule has 1 fully saturated rings. The Balaban J connectivity index is 1.60. The van der Waals surface area contributed by atoms with E-state index in [9.17, 15) is 31.5 Å². The Kier molecular flexibility index (Phi) is 8.46. The third-order valence-corrected chi connectivity index (χ3v) is 7.11. The Morgan fingerprint density at radius 3 is 2.23 bits per heavy atom. The molecular weight excluding hydrogens is 533 g/mol. The molecule has 0 aliphatic carbocycles. The van der Waals surface area contributed by atoms with Gasteiger partial charge in [-0.2, -0.15) is 0 Å². The number of carbonyl (C=O) groups excluding carboxylic acids is 2. The number of esters is 1. The standard InChI is InChI=1S/C30H28F5NO4/c1-17-9-10-18(2)21(13-17)39-12-11-30(3)15-20(14-22(37)40-16-19-7-5-4-6-8-19)36(29(30)38)28-26(34)24(32)23(31)25(33)27(28)35/h4-10,13,20H,11-12,14-16H2,1-3H3. The van der Waals surface area contributed by atoms with E-state index in [4.69, 9.17) is 9.47 Å². The zero-order valence-corrected chi connectivity index (χ0v) is 22.2. The molecule has 212 valence electrons. The first-order valence-electron chi connectivity index (χ1n) is 12.7. The van der Waals surface area contributed by atoms with Crippen LogP contribution < -0.4 is 9.64 Å². The third kappa shape index (κ3) is 5.80. The molecule has 0 aromatic heterocycles. The second-order valence-electron chi connectivity index (χ2n) is 10.2. The summed E-state index contributed by atoms with van der Waals surface area (Å²) in [6.45, 7) is 5.18. The largest absolute Gasteiger partial charge is 0.493 e. The topological polar surface area (TPSA) is 55.8 Å². The molecule has 40 heavy (non-hydrogen) atoms. The molecule has 1 saturated heterocycles. The highest BCUT2D eigenvalue weighted by atomic mass is 19.2. The smallest absolute Gasteiger partial charge is 0.308 e. The van der Waals surface area contributed by atoms with Crippen LogP contribution in [0.25, 0.3) is 0 Å². The summed E-state index contributed by atoms with van der Waals surface area (Å²) >= 11 is 0. The lowest BCUT2D eigenvalue weighted by Crippen LogP contribution is -2.39. The summed E-state index contributed by atoms with van der Waals surface area (Å²) in [5.74, 6) is -12.1. The lowest BCUT2D eigenvalue weighted by Gasteiger charge is -2.26. The van der Waals surface area contributed by atoms with Crippen molar-refractivity contribution in [3.63, 3.8) is 0 Å². The molecule has 3 aromatic carbocycles. The molecule has 0 saturated carbocycles. The van der Waals surface area contributed by atoms with Crippen molar-refractivity contribution < 1.29 is 41.0 Å². The Morgan fingerprint density at radius 1 is 0.950 bits per heavy atom. The second-order valence-corrected chi connectivity index (χ2v) is 10.2. The number of nitrogens with zero attached hydrogens (tertiary/aromatic N) is 1. The number of ether oxygens (including phenoxy) is 2. The summed E-state index contributed by atoms with van der Waals surface area (Å²) in [4.78, 5) is 26.8.